The molecule has 16 nitrogen and oxygen atoms in total. The molecule has 1 aromatic carbocycles. The van der Waals surface area contributed by atoms with E-state index >= 15 is 0 Å². The zero-order valence-electron chi connectivity index (χ0n) is 39.1. The fourth-order valence-corrected chi connectivity index (χ4v) is 8.67. The van der Waals surface area contributed by atoms with E-state index in [1.54, 1.807) is 26.0 Å². The smallest absolute Gasteiger partial charge is 0.306 e. The number of epoxide rings is 1. The molecular weight excluding hydrogens is 835 g/mol. The van der Waals surface area contributed by atoms with Gasteiger partial charge in [-0.3, -0.25) is 24.0 Å². The number of carbonyl (C=O) groups is 5. The van der Waals surface area contributed by atoms with Crippen LogP contribution in [0, 0.1) is 11.8 Å². The number of aryl methyl sites for hydroxylation is 1. The number of hydrogen-bond donors (Lipinski definition) is 7. The van der Waals surface area contributed by atoms with Crippen molar-refractivity contribution in [1.29, 1.82) is 0 Å². The summed E-state index contributed by atoms with van der Waals surface area (Å²) in [6, 6.07) is 5.47. The first kappa shape index (κ1) is 51.5. The van der Waals surface area contributed by atoms with Crippen LogP contribution in [0.4, 0.5) is 5.69 Å². The van der Waals surface area contributed by atoms with Gasteiger partial charge in [-0.1, -0.05) is 68.8 Å². The van der Waals surface area contributed by atoms with Crippen LogP contribution in [0.15, 0.2) is 60.2 Å². The Bertz CT molecular complexity index is 1890. The lowest BCUT2D eigenvalue weighted by Crippen LogP contribution is -2.51. The maximum absolute atomic E-state index is 13.3. The summed E-state index contributed by atoms with van der Waals surface area (Å²) >= 11 is 0. The first-order valence-electron chi connectivity index (χ1n) is 23.4. The summed E-state index contributed by atoms with van der Waals surface area (Å²) in [5, 5.41) is 32.2. The second-order valence-electron chi connectivity index (χ2n) is 19.0. The van der Waals surface area contributed by atoms with Crippen molar-refractivity contribution in [2.75, 3.05) is 11.9 Å². The van der Waals surface area contributed by atoms with E-state index in [1.807, 2.05) is 52.0 Å². The van der Waals surface area contributed by atoms with Gasteiger partial charge in [-0.05, 0) is 96.1 Å². The molecule has 3 saturated heterocycles. The van der Waals surface area contributed by atoms with Crippen molar-refractivity contribution < 1.29 is 53.1 Å². The lowest BCUT2D eigenvalue weighted by Gasteiger charge is -2.39. The second-order valence-corrected chi connectivity index (χ2v) is 19.0. The third kappa shape index (κ3) is 15.6. The highest BCUT2D eigenvalue weighted by Gasteiger charge is 2.58. The number of nitrogens with two attached hydrogens (primary N) is 1. The summed E-state index contributed by atoms with van der Waals surface area (Å²) < 4.78 is 24.1. The molecule has 8 N–H and O–H groups in total. The summed E-state index contributed by atoms with van der Waals surface area (Å²) in [4.78, 5) is 63.7. The van der Waals surface area contributed by atoms with Crippen molar-refractivity contribution in [3.05, 3.63) is 65.8 Å². The summed E-state index contributed by atoms with van der Waals surface area (Å²) in [6.07, 6.45) is 10.5. The van der Waals surface area contributed by atoms with E-state index in [1.165, 1.54) is 12.2 Å². The number of aliphatic hydroxyl groups excluding tert-OH is 2. The molecule has 1 aliphatic carbocycles. The molecule has 0 bridgehead atoms. The number of esters is 1. The lowest BCUT2D eigenvalue weighted by atomic mass is 9.87. The fraction of sp³-hybridized carbons (Fsp3) is 0.653. The normalized spacial score (nSPS) is 30.7. The van der Waals surface area contributed by atoms with Crippen molar-refractivity contribution in [2.45, 2.75) is 185 Å². The maximum Gasteiger partial charge on any atom is 0.306 e. The van der Waals surface area contributed by atoms with E-state index in [4.69, 9.17) is 24.7 Å². The molecule has 3 heterocycles. The van der Waals surface area contributed by atoms with E-state index in [-0.39, 0.29) is 72.9 Å². The number of rotatable bonds is 19. The number of ether oxygens (including phenoxy) is 4. The number of para-hydroxylation sites is 1. The van der Waals surface area contributed by atoms with Gasteiger partial charge in [0.25, 0.3) is 0 Å². The summed E-state index contributed by atoms with van der Waals surface area (Å²) in [7, 11) is 0. The zero-order chi connectivity index (χ0) is 47.4. The van der Waals surface area contributed by atoms with Crippen LogP contribution in [0.25, 0.3) is 0 Å². The van der Waals surface area contributed by atoms with Gasteiger partial charge in [0, 0.05) is 30.6 Å². The largest absolute Gasteiger partial charge is 0.462 e. The number of carbonyl (C=O) groups excluding carboxylic acids is 5. The molecule has 11 atom stereocenters. The van der Waals surface area contributed by atoms with Crippen LogP contribution >= 0.6 is 0 Å². The fourth-order valence-electron chi connectivity index (χ4n) is 8.67. The average Bonchev–Trinajstić information content (AvgIpc) is 4.03. The van der Waals surface area contributed by atoms with E-state index in [2.05, 4.69) is 34.3 Å². The Morgan fingerprint density at radius 2 is 1.69 bits per heavy atom. The molecule has 4 amide bonds. The molecule has 0 aromatic heterocycles. The Balaban J connectivity index is 1.02. The van der Waals surface area contributed by atoms with Crippen molar-refractivity contribution >= 4 is 35.3 Å². The Hall–Kier alpha value is -4.45. The van der Waals surface area contributed by atoms with Crippen molar-refractivity contribution in [2.24, 2.45) is 17.6 Å². The minimum atomic E-state index is -0.867. The van der Waals surface area contributed by atoms with Gasteiger partial charge < -0.3 is 56.2 Å². The van der Waals surface area contributed by atoms with Crippen LogP contribution in [0.2, 0.25) is 0 Å². The highest BCUT2D eigenvalue weighted by Crippen LogP contribution is 2.43. The van der Waals surface area contributed by atoms with Gasteiger partial charge in [0.2, 0.25) is 23.6 Å². The third-order valence-electron chi connectivity index (χ3n) is 13.0. The number of anilines is 1. The maximum atomic E-state index is 13.3. The predicted octanol–water partition coefficient (Wildman–Crippen LogP) is 3.82. The van der Waals surface area contributed by atoms with E-state index in [0.29, 0.717) is 57.2 Å². The molecule has 3 aliphatic heterocycles. The molecule has 360 valence electrons. The molecule has 5 rings (SSSR count). The van der Waals surface area contributed by atoms with Gasteiger partial charge >= 0.3 is 5.97 Å². The topological polar surface area (TPSA) is 240 Å². The predicted molar refractivity (Wildman–Crippen MR) is 245 cm³/mol. The van der Waals surface area contributed by atoms with Gasteiger partial charge in [0.05, 0.1) is 49.5 Å². The molecule has 1 saturated carbocycles. The summed E-state index contributed by atoms with van der Waals surface area (Å²) in [5.74, 6) is -1.41. The number of allylic oxidation sites excluding steroid dienone is 2. The SMILES string of the molecule is CC(C=C[C@H]1O[C@H](CC(=O)NC2CCC(OC(=O)CCc3ccccc3NC(=O)[C@H](C)NC(=O)[C@@H](N)C(C)C)CC2)C[C@@]2(CO2)[C@@H]1O)=CC[C@@H]1O[C@H](C)[C@H](NC(=O)C=C[C@H](C)O)C[C@@H]1C. The quantitative estimate of drug-likeness (QED) is 0.0454. The van der Waals surface area contributed by atoms with Crippen LogP contribution in [-0.4, -0.2) is 119 Å². The Morgan fingerprint density at radius 1 is 0.985 bits per heavy atom. The van der Waals surface area contributed by atoms with Gasteiger partial charge in [-0.2, -0.15) is 0 Å². The average molecular weight is 908 g/mol. The minimum Gasteiger partial charge on any atom is -0.462 e. The van der Waals surface area contributed by atoms with E-state index < -0.39 is 53.9 Å². The molecule has 16 heteroatoms. The van der Waals surface area contributed by atoms with E-state index in [9.17, 15) is 34.2 Å². The highest BCUT2D eigenvalue weighted by molar-refractivity contribution is 5.98. The summed E-state index contributed by atoms with van der Waals surface area (Å²) in [5.41, 5.74) is 7.48. The molecule has 4 aliphatic rings. The lowest BCUT2D eigenvalue weighted by molar-refractivity contribution is -0.151. The van der Waals surface area contributed by atoms with Crippen LogP contribution < -0.4 is 27.0 Å². The number of hydrogen-bond acceptors (Lipinski definition) is 12. The number of amides is 4. The van der Waals surface area contributed by atoms with Gasteiger partial charge in [0.1, 0.15) is 30.0 Å². The van der Waals surface area contributed by atoms with Crippen molar-refractivity contribution in [1.82, 2.24) is 16.0 Å². The van der Waals surface area contributed by atoms with E-state index in [0.717, 1.165) is 17.6 Å². The summed E-state index contributed by atoms with van der Waals surface area (Å²) in [6.45, 7) is 13.3. The molecule has 1 spiro atoms. The second kappa shape index (κ2) is 23.8. The van der Waals surface area contributed by atoms with Crippen LogP contribution in [0.3, 0.4) is 0 Å². The first-order valence-corrected chi connectivity index (χ1v) is 23.4. The molecule has 1 aromatic rings. The number of benzene rings is 1. The zero-order valence-corrected chi connectivity index (χ0v) is 39.1. The first-order chi connectivity index (χ1) is 30.8. The Labute approximate surface area is 383 Å². The van der Waals surface area contributed by atoms with Crippen molar-refractivity contribution in [3.8, 4) is 0 Å². The molecular formula is C49H73N5O11. The van der Waals surface area contributed by atoms with Crippen molar-refractivity contribution in [3.63, 3.8) is 0 Å². The van der Waals surface area contributed by atoms with Crippen LogP contribution in [-0.2, 0) is 49.3 Å². The minimum absolute atomic E-state index is 0.0289. The Kier molecular flexibility index (Phi) is 18.9. The van der Waals surface area contributed by atoms with Gasteiger partial charge in [0.15, 0.2) is 0 Å². The molecule has 0 radical (unpaired) electrons. The molecule has 4 fully saturated rings. The van der Waals surface area contributed by atoms with Crippen LogP contribution in [0.5, 0.6) is 0 Å². The highest BCUT2D eigenvalue weighted by atomic mass is 16.6. The standard InChI is InChI=1S/C49H73N5O11/c1-28(2)45(50)48(61)51-32(6)47(60)54-38-11-9-8-10-34(38)15-23-44(58)65-36-18-16-35(17-19-36)52-43(57)25-37-26-49(27-62-49)46(59)41(64-37)21-13-29(3)12-20-40-30(4)24-39(33(7)63-40)53-42(56)22-14-31(5)55/h8-14,21-22,28,30-33,35-37,39-41,45-46,55,59H,15-20,23-27,50H2,1-7H3,(H,51,61)(H,52,57)(H,53,56)(H,54,60)/t30-,31-,32-,33+,35?,36?,37+,39+,40-,41+,45-,46+,49+/m0/s1. The Morgan fingerprint density at radius 3 is 2.37 bits per heavy atom. The van der Waals surface area contributed by atoms with Gasteiger partial charge in [-0.15, -0.1) is 0 Å². The monoisotopic (exact) mass is 908 g/mol. The molecule has 0 unspecified atom stereocenters. The van der Waals surface area contributed by atoms with Gasteiger partial charge in [-0.25, -0.2) is 0 Å². The number of nitrogens with one attached hydrogen (secondary N) is 4. The molecule has 65 heavy (non-hydrogen) atoms. The van der Waals surface area contributed by atoms with Crippen LogP contribution in [0.1, 0.15) is 112 Å². The number of aliphatic hydroxyl groups is 2. The third-order valence-corrected chi connectivity index (χ3v) is 13.0.